The third kappa shape index (κ3) is 4.48. The van der Waals surface area contributed by atoms with Gasteiger partial charge in [-0.15, -0.1) is 0 Å². The number of hydrogen-bond acceptors (Lipinski definition) is 5. The van der Waals surface area contributed by atoms with Crippen molar-refractivity contribution in [2.75, 3.05) is 24.6 Å². The number of carbonyl (C=O) groups is 1. The summed E-state index contributed by atoms with van der Waals surface area (Å²) in [6.45, 7) is 5.07. The van der Waals surface area contributed by atoms with Crippen LogP contribution in [0.15, 0.2) is 18.3 Å². The van der Waals surface area contributed by atoms with E-state index in [1.54, 1.807) is 19.2 Å². The van der Waals surface area contributed by atoms with Crippen molar-refractivity contribution in [2.24, 2.45) is 5.73 Å². The van der Waals surface area contributed by atoms with E-state index in [9.17, 15) is 4.79 Å². The van der Waals surface area contributed by atoms with E-state index in [0.717, 1.165) is 12.1 Å². The van der Waals surface area contributed by atoms with Gasteiger partial charge < -0.3 is 15.4 Å². The van der Waals surface area contributed by atoms with E-state index >= 15 is 0 Å². The van der Waals surface area contributed by atoms with Gasteiger partial charge in [-0.3, -0.25) is 9.78 Å². The standard InChI is InChI=1S/C13H19N3O2S/c1-3-8-16(9-11(17)18-4-2)10-6-5-7-15-12(10)13(14)19/h5-7H,3-4,8-9H2,1-2H3,(H2,14,19). The Morgan fingerprint density at radius 1 is 1.53 bits per heavy atom. The van der Waals surface area contributed by atoms with Crippen molar-refractivity contribution in [3.63, 3.8) is 0 Å². The van der Waals surface area contributed by atoms with Crippen LogP contribution in [0.3, 0.4) is 0 Å². The first kappa shape index (κ1) is 15.4. The van der Waals surface area contributed by atoms with Crippen molar-refractivity contribution in [2.45, 2.75) is 20.3 Å². The average Bonchev–Trinajstić information content (AvgIpc) is 2.38. The Morgan fingerprint density at radius 2 is 2.26 bits per heavy atom. The van der Waals surface area contributed by atoms with Gasteiger partial charge >= 0.3 is 5.97 Å². The van der Waals surface area contributed by atoms with Gasteiger partial charge in [0.1, 0.15) is 17.2 Å². The monoisotopic (exact) mass is 281 g/mol. The van der Waals surface area contributed by atoms with Crippen LogP contribution in [0.1, 0.15) is 26.0 Å². The van der Waals surface area contributed by atoms with Gasteiger partial charge in [0.25, 0.3) is 0 Å². The van der Waals surface area contributed by atoms with Crippen LogP contribution in [0.25, 0.3) is 0 Å². The second kappa shape index (κ2) is 7.68. The van der Waals surface area contributed by atoms with E-state index < -0.39 is 0 Å². The summed E-state index contributed by atoms with van der Waals surface area (Å²) in [5, 5.41) is 0. The zero-order valence-electron chi connectivity index (χ0n) is 11.3. The summed E-state index contributed by atoms with van der Waals surface area (Å²) in [5.41, 5.74) is 6.97. The second-order valence-electron chi connectivity index (χ2n) is 3.96. The zero-order chi connectivity index (χ0) is 14.3. The second-order valence-corrected chi connectivity index (χ2v) is 4.40. The third-order valence-electron chi connectivity index (χ3n) is 2.48. The Bertz CT molecular complexity index is 451. The fourth-order valence-corrected chi connectivity index (χ4v) is 1.92. The number of nitrogens with zero attached hydrogens (tertiary/aromatic N) is 2. The minimum absolute atomic E-state index is 0.170. The first-order chi connectivity index (χ1) is 9.10. The van der Waals surface area contributed by atoms with E-state index in [4.69, 9.17) is 22.7 Å². The van der Waals surface area contributed by atoms with Crippen LogP contribution in [-0.4, -0.2) is 35.6 Å². The summed E-state index contributed by atoms with van der Waals surface area (Å²) in [6.07, 6.45) is 2.53. The van der Waals surface area contributed by atoms with Crippen molar-refractivity contribution >= 4 is 28.9 Å². The maximum atomic E-state index is 11.6. The molecule has 0 unspecified atom stereocenters. The molecule has 1 rings (SSSR count). The van der Waals surface area contributed by atoms with Gasteiger partial charge in [0.15, 0.2) is 0 Å². The molecular weight excluding hydrogens is 262 g/mol. The van der Waals surface area contributed by atoms with Crippen LogP contribution >= 0.6 is 12.2 Å². The van der Waals surface area contributed by atoms with Gasteiger partial charge in [-0.1, -0.05) is 19.1 Å². The Balaban J connectivity index is 2.98. The van der Waals surface area contributed by atoms with E-state index in [1.165, 1.54) is 0 Å². The maximum Gasteiger partial charge on any atom is 0.325 e. The molecule has 0 bridgehead atoms. The molecule has 1 aromatic rings. The molecule has 0 atom stereocenters. The SMILES string of the molecule is CCCN(CC(=O)OCC)c1cccnc1C(N)=S. The number of carbonyl (C=O) groups excluding carboxylic acids is 1. The summed E-state index contributed by atoms with van der Waals surface area (Å²) >= 11 is 4.99. The predicted molar refractivity (Wildman–Crippen MR) is 79.3 cm³/mol. The van der Waals surface area contributed by atoms with Gasteiger partial charge in [0.2, 0.25) is 0 Å². The van der Waals surface area contributed by atoms with E-state index in [-0.39, 0.29) is 17.5 Å². The van der Waals surface area contributed by atoms with Gasteiger partial charge in [-0.05, 0) is 25.5 Å². The Morgan fingerprint density at radius 3 is 2.84 bits per heavy atom. The molecule has 6 heteroatoms. The van der Waals surface area contributed by atoms with E-state index in [1.807, 2.05) is 17.9 Å². The number of ether oxygens (including phenoxy) is 1. The van der Waals surface area contributed by atoms with Crippen molar-refractivity contribution in [1.82, 2.24) is 4.98 Å². The number of rotatable bonds is 7. The highest BCUT2D eigenvalue weighted by molar-refractivity contribution is 7.80. The van der Waals surface area contributed by atoms with Crippen LogP contribution in [0.5, 0.6) is 0 Å². The Kier molecular flexibility index (Phi) is 6.21. The first-order valence-electron chi connectivity index (χ1n) is 6.25. The van der Waals surface area contributed by atoms with Crippen LogP contribution in [0.4, 0.5) is 5.69 Å². The highest BCUT2D eigenvalue weighted by atomic mass is 32.1. The van der Waals surface area contributed by atoms with Crippen LogP contribution < -0.4 is 10.6 Å². The molecule has 5 nitrogen and oxygen atoms in total. The third-order valence-corrected chi connectivity index (χ3v) is 2.67. The highest BCUT2D eigenvalue weighted by Gasteiger charge is 2.16. The van der Waals surface area contributed by atoms with Gasteiger partial charge in [-0.2, -0.15) is 0 Å². The lowest BCUT2D eigenvalue weighted by molar-refractivity contribution is -0.141. The maximum absolute atomic E-state index is 11.6. The number of pyridine rings is 1. The molecule has 0 aliphatic heterocycles. The van der Waals surface area contributed by atoms with Gasteiger partial charge in [0.05, 0.1) is 12.3 Å². The van der Waals surface area contributed by atoms with Crippen molar-refractivity contribution in [3.05, 3.63) is 24.0 Å². The fraction of sp³-hybridized carbons (Fsp3) is 0.462. The predicted octanol–water partition coefficient (Wildman–Crippen LogP) is 1.50. The van der Waals surface area contributed by atoms with E-state index in [0.29, 0.717) is 18.8 Å². The molecule has 104 valence electrons. The normalized spacial score (nSPS) is 10.0. The molecule has 0 aliphatic carbocycles. The number of aromatic nitrogens is 1. The number of nitrogens with two attached hydrogens (primary N) is 1. The largest absolute Gasteiger partial charge is 0.465 e. The summed E-state index contributed by atoms with van der Waals surface area (Å²) < 4.78 is 4.98. The van der Waals surface area contributed by atoms with Crippen molar-refractivity contribution < 1.29 is 9.53 Å². The molecule has 0 radical (unpaired) electrons. The molecular formula is C13H19N3O2S. The summed E-state index contributed by atoms with van der Waals surface area (Å²) in [5.74, 6) is -0.270. The topological polar surface area (TPSA) is 68.5 Å². The minimum atomic E-state index is -0.270. The first-order valence-corrected chi connectivity index (χ1v) is 6.66. The molecule has 0 aliphatic rings. The molecule has 1 aromatic heterocycles. The molecule has 0 fully saturated rings. The van der Waals surface area contributed by atoms with Crippen molar-refractivity contribution in [1.29, 1.82) is 0 Å². The molecule has 0 amide bonds. The van der Waals surface area contributed by atoms with Gasteiger partial charge in [-0.25, -0.2) is 0 Å². The van der Waals surface area contributed by atoms with Crippen molar-refractivity contribution in [3.8, 4) is 0 Å². The molecule has 19 heavy (non-hydrogen) atoms. The minimum Gasteiger partial charge on any atom is -0.465 e. The lowest BCUT2D eigenvalue weighted by atomic mass is 10.2. The van der Waals surface area contributed by atoms with E-state index in [2.05, 4.69) is 4.98 Å². The number of hydrogen-bond donors (Lipinski definition) is 1. The van der Waals surface area contributed by atoms with Crippen LogP contribution in [0.2, 0.25) is 0 Å². The quantitative estimate of drug-likeness (QED) is 0.603. The number of thiocarbonyl (C=S) groups is 1. The fourth-order valence-electron chi connectivity index (χ4n) is 1.76. The number of esters is 1. The molecule has 0 spiro atoms. The highest BCUT2D eigenvalue weighted by Crippen LogP contribution is 2.18. The Labute approximate surface area is 118 Å². The molecule has 0 saturated carbocycles. The summed E-state index contributed by atoms with van der Waals surface area (Å²) in [7, 11) is 0. The smallest absolute Gasteiger partial charge is 0.325 e. The molecule has 2 N–H and O–H groups in total. The lowest BCUT2D eigenvalue weighted by Crippen LogP contribution is -2.33. The lowest BCUT2D eigenvalue weighted by Gasteiger charge is -2.24. The molecule has 0 saturated heterocycles. The van der Waals surface area contributed by atoms with Crippen LogP contribution in [-0.2, 0) is 9.53 Å². The average molecular weight is 281 g/mol. The van der Waals surface area contributed by atoms with Crippen LogP contribution in [0, 0.1) is 0 Å². The number of anilines is 1. The zero-order valence-corrected chi connectivity index (χ0v) is 12.1. The summed E-state index contributed by atoms with van der Waals surface area (Å²) in [6, 6.07) is 3.65. The van der Waals surface area contributed by atoms with Gasteiger partial charge in [0, 0.05) is 12.7 Å². The summed E-state index contributed by atoms with van der Waals surface area (Å²) in [4.78, 5) is 17.9. The molecule has 1 heterocycles. The Hall–Kier alpha value is -1.69. The molecule has 0 aromatic carbocycles.